The zero-order chi connectivity index (χ0) is 26.5. The largest absolute Gasteiger partial charge is 0.460 e. The molecule has 35 heavy (non-hydrogen) atoms. The van der Waals surface area contributed by atoms with Crippen molar-refractivity contribution in [2.45, 2.75) is 104 Å². The van der Waals surface area contributed by atoms with Crippen LogP contribution in [-0.4, -0.2) is 41.0 Å². The standard InChI is InChI=1S/C28H40O7/c1-7-8-9-10-11-12-19-28(34-22(3)30)20-18-25(31)24(28)15-13-14-23(33-21(2)29)16-17-26(32)35-27(4,5)6/h11-15,18,20,23H,7-10,16-17,19H2,1-6H3/b12-11-,14-13+,24-15-/t23-,28+/m0/s1. The van der Waals surface area contributed by atoms with Gasteiger partial charge in [0.05, 0.1) is 0 Å². The maximum absolute atomic E-state index is 12.6. The monoisotopic (exact) mass is 488 g/mol. The van der Waals surface area contributed by atoms with Crippen LogP contribution in [0.25, 0.3) is 0 Å². The van der Waals surface area contributed by atoms with Crippen molar-refractivity contribution >= 4 is 23.7 Å². The number of esters is 3. The van der Waals surface area contributed by atoms with Gasteiger partial charge < -0.3 is 14.2 Å². The van der Waals surface area contributed by atoms with Gasteiger partial charge in [-0.25, -0.2) is 0 Å². The predicted octanol–water partition coefficient (Wildman–Crippen LogP) is 5.49. The molecule has 0 radical (unpaired) electrons. The zero-order valence-corrected chi connectivity index (χ0v) is 21.9. The first-order valence-electron chi connectivity index (χ1n) is 12.2. The number of ether oxygens (including phenoxy) is 3. The lowest BCUT2D eigenvalue weighted by atomic mass is 9.91. The lowest BCUT2D eigenvalue weighted by Crippen LogP contribution is -2.33. The summed E-state index contributed by atoms with van der Waals surface area (Å²) in [5, 5.41) is 0. The molecule has 194 valence electrons. The quantitative estimate of drug-likeness (QED) is 0.111. The van der Waals surface area contributed by atoms with Crippen molar-refractivity contribution in [3.8, 4) is 0 Å². The topological polar surface area (TPSA) is 96.0 Å². The van der Waals surface area contributed by atoms with Crippen molar-refractivity contribution in [3.63, 3.8) is 0 Å². The van der Waals surface area contributed by atoms with E-state index in [1.165, 1.54) is 19.9 Å². The molecule has 0 unspecified atom stereocenters. The normalized spacial score (nSPS) is 20.1. The van der Waals surface area contributed by atoms with E-state index in [4.69, 9.17) is 14.2 Å². The van der Waals surface area contributed by atoms with Crippen LogP contribution in [0, 0.1) is 0 Å². The van der Waals surface area contributed by atoms with E-state index in [0.29, 0.717) is 12.0 Å². The predicted molar refractivity (Wildman–Crippen MR) is 134 cm³/mol. The van der Waals surface area contributed by atoms with Crippen LogP contribution in [0.5, 0.6) is 0 Å². The molecule has 1 aliphatic rings. The van der Waals surface area contributed by atoms with Crippen molar-refractivity contribution in [1.82, 2.24) is 0 Å². The van der Waals surface area contributed by atoms with Gasteiger partial charge in [-0.05, 0) is 58.3 Å². The SMILES string of the molecule is CCCCC/C=C\C[C@@]1(OC(C)=O)C=CC(=O)/C1=C/C=C/[C@@H](CCC(=O)OC(C)(C)C)OC(C)=O. The van der Waals surface area contributed by atoms with Crippen molar-refractivity contribution in [2.75, 3.05) is 0 Å². The molecule has 1 aliphatic carbocycles. The van der Waals surface area contributed by atoms with Gasteiger partial charge >= 0.3 is 17.9 Å². The van der Waals surface area contributed by atoms with Gasteiger partial charge in [0, 0.05) is 32.3 Å². The Balaban J connectivity index is 3.01. The fourth-order valence-corrected chi connectivity index (χ4v) is 3.61. The first kappa shape index (κ1) is 30.1. The Bertz CT molecular complexity index is 870. The Hall–Kier alpha value is -2.96. The van der Waals surface area contributed by atoms with Gasteiger partial charge in [-0.1, -0.05) is 44.1 Å². The zero-order valence-electron chi connectivity index (χ0n) is 21.9. The van der Waals surface area contributed by atoms with Crippen molar-refractivity contribution < 1.29 is 33.4 Å². The molecule has 0 fully saturated rings. The lowest BCUT2D eigenvalue weighted by Gasteiger charge is -2.27. The number of allylic oxidation sites excluding steroid dienone is 4. The van der Waals surface area contributed by atoms with E-state index in [2.05, 4.69) is 6.92 Å². The molecule has 0 aromatic carbocycles. The van der Waals surface area contributed by atoms with E-state index in [9.17, 15) is 19.2 Å². The first-order valence-corrected chi connectivity index (χ1v) is 12.2. The maximum Gasteiger partial charge on any atom is 0.306 e. The second-order valence-electron chi connectivity index (χ2n) is 9.59. The minimum atomic E-state index is -1.18. The fraction of sp³-hybridized carbons (Fsp3) is 0.571. The van der Waals surface area contributed by atoms with E-state index in [1.807, 2.05) is 12.2 Å². The molecular weight excluding hydrogens is 448 g/mol. The molecular formula is C28H40O7. The molecule has 0 aromatic heterocycles. The summed E-state index contributed by atoms with van der Waals surface area (Å²) in [7, 11) is 0. The average Bonchev–Trinajstić information content (AvgIpc) is 3.02. The highest BCUT2D eigenvalue weighted by Gasteiger charge is 2.41. The molecule has 0 heterocycles. The van der Waals surface area contributed by atoms with Gasteiger partial charge in [0.1, 0.15) is 11.7 Å². The summed E-state index contributed by atoms with van der Waals surface area (Å²) in [6.45, 7) is 10.1. The van der Waals surface area contributed by atoms with Crippen molar-refractivity contribution in [3.05, 3.63) is 48.1 Å². The Labute approximate surface area is 209 Å². The smallest absolute Gasteiger partial charge is 0.306 e. The third-order valence-electron chi connectivity index (χ3n) is 5.07. The van der Waals surface area contributed by atoms with E-state index >= 15 is 0 Å². The van der Waals surface area contributed by atoms with Gasteiger partial charge in [0.2, 0.25) is 0 Å². The molecule has 1 rings (SSSR count). The number of hydrogen-bond donors (Lipinski definition) is 0. The van der Waals surface area contributed by atoms with Gasteiger partial charge in [0.15, 0.2) is 11.4 Å². The Kier molecular flexibility index (Phi) is 12.4. The summed E-state index contributed by atoms with van der Waals surface area (Å²) >= 11 is 0. The van der Waals surface area contributed by atoms with Crippen LogP contribution in [0.1, 0.15) is 86.5 Å². The second-order valence-corrected chi connectivity index (χ2v) is 9.59. The van der Waals surface area contributed by atoms with E-state index < -0.39 is 35.2 Å². The number of hydrogen-bond acceptors (Lipinski definition) is 7. The van der Waals surface area contributed by atoms with Gasteiger partial charge in [-0.15, -0.1) is 0 Å². The lowest BCUT2D eigenvalue weighted by molar-refractivity contribution is -0.157. The van der Waals surface area contributed by atoms with Gasteiger partial charge in [-0.3, -0.25) is 19.2 Å². The summed E-state index contributed by atoms with van der Waals surface area (Å²) in [4.78, 5) is 48.0. The minimum Gasteiger partial charge on any atom is -0.460 e. The van der Waals surface area contributed by atoms with Crippen LogP contribution in [0.4, 0.5) is 0 Å². The number of rotatable bonds is 13. The third kappa shape index (κ3) is 11.8. The number of unbranched alkanes of at least 4 members (excludes halogenated alkanes) is 3. The summed E-state index contributed by atoms with van der Waals surface area (Å²) in [6.07, 6.45) is 16.0. The van der Waals surface area contributed by atoms with Crippen LogP contribution in [-0.2, 0) is 33.4 Å². The minimum absolute atomic E-state index is 0.0663. The highest BCUT2D eigenvalue weighted by molar-refractivity contribution is 6.09. The highest BCUT2D eigenvalue weighted by atomic mass is 16.6. The van der Waals surface area contributed by atoms with Crippen molar-refractivity contribution in [2.24, 2.45) is 0 Å². The number of carbonyl (C=O) groups is 4. The fourth-order valence-electron chi connectivity index (χ4n) is 3.61. The van der Waals surface area contributed by atoms with Crippen LogP contribution in [0.2, 0.25) is 0 Å². The first-order chi connectivity index (χ1) is 16.4. The van der Waals surface area contributed by atoms with Crippen LogP contribution < -0.4 is 0 Å². The maximum atomic E-state index is 12.6. The molecule has 0 N–H and O–H groups in total. The Morgan fingerprint density at radius 1 is 1.09 bits per heavy atom. The summed E-state index contributed by atoms with van der Waals surface area (Å²) < 4.78 is 16.2. The molecule has 7 heteroatoms. The van der Waals surface area contributed by atoms with Crippen LogP contribution in [0.3, 0.4) is 0 Å². The molecule has 0 bridgehead atoms. The molecule has 0 saturated carbocycles. The molecule has 2 atom stereocenters. The molecule has 7 nitrogen and oxygen atoms in total. The number of carbonyl (C=O) groups excluding carboxylic acids is 4. The van der Waals surface area contributed by atoms with Crippen LogP contribution in [0.15, 0.2) is 48.1 Å². The molecule has 0 aliphatic heterocycles. The van der Waals surface area contributed by atoms with E-state index in [-0.39, 0.29) is 18.6 Å². The Morgan fingerprint density at radius 2 is 1.80 bits per heavy atom. The highest BCUT2D eigenvalue weighted by Crippen LogP contribution is 2.34. The Morgan fingerprint density at radius 3 is 2.40 bits per heavy atom. The molecule has 0 amide bonds. The average molecular weight is 489 g/mol. The molecule has 0 saturated heterocycles. The number of ketones is 1. The van der Waals surface area contributed by atoms with E-state index in [1.54, 1.807) is 45.1 Å². The summed E-state index contributed by atoms with van der Waals surface area (Å²) in [5.41, 5.74) is -1.47. The van der Waals surface area contributed by atoms with Crippen LogP contribution >= 0.6 is 0 Å². The molecule has 0 spiro atoms. The van der Waals surface area contributed by atoms with Gasteiger partial charge in [0.25, 0.3) is 0 Å². The van der Waals surface area contributed by atoms with Gasteiger partial charge in [-0.2, -0.15) is 0 Å². The van der Waals surface area contributed by atoms with Crippen molar-refractivity contribution in [1.29, 1.82) is 0 Å². The molecule has 0 aromatic rings. The van der Waals surface area contributed by atoms with E-state index in [0.717, 1.165) is 25.7 Å². The third-order valence-corrected chi connectivity index (χ3v) is 5.07. The second kappa shape index (κ2) is 14.4. The summed E-state index contributed by atoms with van der Waals surface area (Å²) in [6, 6.07) is 0. The summed E-state index contributed by atoms with van der Waals surface area (Å²) in [5.74, 6) is -1.63.